The largest absolute Gasteiger partial charge is 0.131 e. The third-order valence-electron chi connectivity index (χ3n) is 2.63. The van der Waals surface area contributed by atoms with Crippen molar-refractivity contribution < 1.29 is 0 Å². The SMILES string of the molecule is C=Cc1ccc(CC(C)(P)CC)cc1. The molecule has 14 heavy (non-hydrogen) atoms. The zero-order chi connectivity index (χ0) is 10.6. The van der Waals surface area contributed by atoms with Crippen molar-refractivity contribution in [1.29, 1.82) is 0 Å². The summed E-state index contributed by atoms with van der Waals surface area (Å²) in [6.45, 7) is 8.25. The zero-order valence-corrected chi connectivity index (χ0v) is 10.2. The van der Waals surface area contributed by atoms with Gasteiger partial charge in [-0.2, -0.15) is 0 Å². The summed E-state index contributed by atoms with van der Waals surface area (Å²) >= 11 is 0. The fraction of sp³-hybridized carbons (Fsp3) is 0.385. The van der Waals surface area contributed by atoms with E-state index >= 15 is 0 Å². The smallest absolute Gasteiger partial charge is 0.0141 e. The van der Waals surface area contributed by atoms with Crippen LogP contribution < -0.4 is 0 Å². The second kappa shape index (κ2) is 4.75. The van der Waals surface area contributed by atoms with E-state index in [0.29, 0.717) is 5.16 Å². The molecule has 0 N–H and O–H groups in total. The van der Waals surface area contributed by atoms with Gasteiger partial charge >= 0.3 is 0 Å². The van der Waals surface area contributed by atoms with Crippen LogP contribution >= 0.6 is 9.24 Å². The fourth-order valence-electron chi connectivity index (χ4n) is 1.36. The molecule has 1 heteroatoms. The number of rotatable bonds is 4. The van der Waals surface area contributed by atoms with Gasteiger partial charge in [-0.05, 0) is 29.1 Å². The summed E-state index contributed by atoms with van der Waals surface area (Å²) in [5, 5.41) is 0.329. The topological polar surface area (TPSA) is 0 Å². The minimum absolute atomic E-state index is 0.329. The van der Waals surface area contributed by atoms with Gasteiger partial charge in [0.2, 0.25) is 0 Å². The van der Waals surface area contributed by atoms with E-state index in [0.717, 1.165) is 6.42 Å². The van der Waals surface area contributed by atoms with Gasteiger partial charge in [0, 0.05) is 0 Å². The lowest BCUT2D eigenvalue weighted by atomic mass is 9.97. The molecule has 1 aromatic rings. The summed E-state index contributed by atoms with van der Waals surface area (Å²) in [5.41, 5.74) is 2.59. The minimum atomic E-state index is 0.329. The van der Waals surface area contributed by atoms with E-state index in [-0.39, 0.29) is 0 Å². The van der Waals surface area contributed by atoms with Gasteiger partial charge in [-0.3, -0.25) is 0 Å². The molecule has 0 saturated heterocycles. The Kier molecular flexibility index (Phi) is 3.89. The van der Waals surface area contributed by atoms with Crippen LogP contribution in [-0.2, 0) is 6.42 Å². The van der Waals surface area contributed by atoms with Crippen molar-refractivity contribution in [2.45, 2.75) is 31.8 Å². The molecule has 0 radical (unpaired) electrons. The van der Waals surface area contributed by atoms with E-state index in [1.165, 1.54) is 17.5 Å². The maximum absolute atomic E-state index is 3.75. The Morgan fingerprint density at radius 3 is 2.36 bits per heavy atom. The van der Waals surface area contributed by atoms with E-state index < -0.39 is 0 Å². The van der Waals surface area contributed by atoms with E-state index in [1.54, 1.807) is 0 Å². The van der Waals surface area contributed by atoms with Crippen molar-refractivity contribution in [3.63, 3.8) is 0 Å². The molecule has 0 nitrogen and oxygen atoms in total. The Bertz CT molecular complexity index is 296. The van der Waals surface area contributed by atoms with Crippen LogP contribution in [0.3, 0.4) is 0 Å². The normalized spacial score (nSPS) is 14.8. The first kappa shape index (κ1) is 11.5. The van der Waals surface area contributed by atoms with Gasteiger partial charge in [-0.1, -0.05) is 50.8 Å². The summed E-state index contributed by atoms with van der Waals surface area (Å²) in [5.74, 6) is 0. The van der Waals surface area contributed by atoms with Crippen LogP contribution in [0.1, 0.15) is 31.4 Å². The van der Waals surface area contributed by atoms with Gasteiger partial charge in [0.15, 0.2) is 0 Å². The molecule has 0 saturated carbocycles. The molecule has 0 spiro atoms. The molecule has 0 bridgehead atoms. The highest BCUT2D eigenvalue weighted by atomic mass is 31.0. The molecule has 0 amide bonds. The highest BCUT2D eigenvalue weighted by molar-refractivity contribution is 7.18. The molecule has 0 heterocycles. The molecular weight excluding hydrogens is 187 g/mol. The van der Waals surface area contributed by atoms with Crippen molar-refractivity contribution in [3.8, 4) is 0 Å². The molecule has 2 unspecified atom stereocenters. The fourth-order valence-corrected chi connectivity index (χ4v) is 1.60. The van der Waals surface area contributed by atoms with Gasteiger partial charge in [-0.25, -0.2) is 0 Å². The Balaban J connectivity index is 2.73. The van der Waals surface area contributed by atoms with Gasteiger partial charge in [0.1, 0.15) is 0 Å². The molecule has 0 fully saturated rings. The number of hydrogen-bond acceptors (Lipinski definition) is 0. The molecule has 1 aromatic carbocycles. The van der Waals surface area contributed by atoms with Crippen molar-refractivity contribution in [2.75, 3.05) is 0 Å². The average Bonchev–Trinajstić information content (AvgIpc) is 2.19. The first-order chi connectivity index (χ1) is 6.57. The maximum Gasteiger partial charge on any atom is -0.0141 e. The second-order valence-electron chi connectivity index (χ2n) is 4.13. The van der Waals surface area contributed by atoms with E-state index in [1.807, 2.05) is 6.08 Å². The summed E-state index contributed by atoms with van der Waals surface area (Å²) in [7, 11) is 2.94. The molecule has 0 aliphatic rings. The first-order valence-corrected chi connectivity index (χ1v) is 5.65. The molecule has 2 atom stereocenters. The van der Waals surface area contributed by atoms with Crippen molar-refractivity contribution in [3.05, 3.63) is 42.0 Å². The summed E-state index contributed by atoms with van der Waals surface area (Å²) in [6.07, 6.45) is 4.18. The van der Waals surface area contributed by atoms with E-state index in [4.69, 9.17) is 0 Å². The van der Waals surface area contributed by atoms with Crippen molar-refractivity contribution in [1.82, 2.24) is 0 Å². The minimum Gasteiger partial charge on any atom is -0.131 e. The van der Waals surface area contributed by atoms with E-state index in [9.17, 15) is 0 Å². The third-order valence-corrected chi connectivity index (χ3v) is 3.24. The van der Waals surface area contributed by atoms with Crippen LogP contribution in [0.4, 0.5) is 0 Å². The van der Waals surface area contributed by atoms with Gasteiger partial charge in [0.05, 0.1) is 0 Å². The molecule has 0 aliphatic carbocycles. The van der Waals surface area contributed by atoms with Crippen LogP contribution in [0.2, 0.25) is 0 Å². The quantitative estimate of drug-likeness (QED) is 0.655. The highest BCUT2D eigenvalue weighted by Crippen LogP contribution is 2.26. The molecule has 1 rings (SSSR count). The van der Waals surface area contributed by atoms with E-state index in [2.05, 4.69) is 53.9 Å². The molecular formula is C13H19P. The van der Waals surface area contributed by atoms with Gasteiger partial charge in [0.25, 0.3) is 0 Å². The average molecular weight is 206 g/mol. The predicted molar refractivity (Wildman–Crippen MR) is 68.6 cm³/mol. The number of benzene rings is 1. The van der Waals surface area contributed by atoms with Gasteiger partial charge in [-0.15, -0.1) is 9.24 Å². The highest BCUT2D eigenvalue weighted by Gasteiger charge is 2.15. The van der Waals surface area contributed by atoms with Crippen molar-refractivity contribution >= 4 is 15.3 Å². The third kappa shape index (κ3) is 3.27. The lowest BCUT2D eigenvalue weighted by Crippen LogP contribution is -2.17. The lowest BCUT2D eigenvalue weighted by molar-refractivity contribution is 0.616. The Labute approximate surface area is 89.6 Å². The predicted octanol–water partition coefficient (Wildman–Crippen LogP) is 3.92. The summed E-state index contributed by atoms with van der Waals surface area (Å²) in [4.78, 5) is 0. The Hall–Kier alpha value is -0.610. The monoisotopic (exact) mass is 206 g/mol. The molecule has 76 valence electrons. The lowest BCUT2D eigenvalue weighted by Gasteiger charge is -2.22. The van der Waals surface area contributed by atoms with Crippen LogP contribution in [0, 0.1) is 0 Å². The maximum atomic E-state index is 3.75. The van der Waals surface area contributed by atoms with Crippen LogP contribution in [-0.4, -0.2) is 5.16 Å². The summed E-state index contributed by atoms with van der Waals surface area (Å²) < 4.78 is 0. The van der Waals surface area contributed by atoms with Crippen LogP contribution in [0.15, 0.2) is 30.8 Å². The number of hydrogen-bond donors (Lipinski definition) is 0. The Morgan fingerprint density at radius 1 is 1.36 bits per heavy atom. The van der Waals surface area contributed by atoms with Crippen LogP contribution in [0.25, 0.3) is 6.08 Å². The van der Waals surface area contributed by atoms with Crippen molar-refractivity contribution in [2.24, 2.45) is 0 Å². The molecule has 0 aromatic heterocycles. The molecule has 0 aliphatic heterocycles. The standard InChI is InChI=1S/C13H19P/c1-4-11-6-8-12(9-7-11)10-13(3,14)5-2/h4,6-9H,1,5,10,14H2,2-3H3. The zero-order valence-electron chi connectivity index (χ0n) is 9.09. The summed E-state index contributed by atoms with van der Waals surface area (Å²) in [6, 6.07) is 8.63. The van der Waals surface area contributed by atoms with Crippen LogP contribution in [0.5, 0.6) is 0 Å². The second-order valence-corrected chi connectivity index (χ2v) is 5.52. The first-order valence-electron chi connectivity index (χ1n) is 5.07. The Morgan fingerprint density at radius 2 is 1.93 bits per heavy atom. The van der Waals surface area contributed by atoms with Gasteiger partial charge < -0.3 is 0 Å².